The third kappa shape index (κ3) is 4.66. The molecule has 1 amide bonds. The van der Waals surface area contributed by atoms with Crippen molar-refractivity contribution < 1.29 is 13.9 Å². The Hall–Kier alpha value is -2.18. The number of aryl methyl sites for hydroxylation is 1. The molecule has 1 aliphatic heterocycles. The van der Waals surface area contributed by atoms with Gasteiger partial charge in [0.25, 0.3) is 0 Å². The van der Waals surface area contributed by atoms with E-state index in [-0.39, 0.29) is 12.0 Å². The molecule has 3 rings (SSSR count). The van der Waals surface area contributed by atoms with Crippen LogP contribution in [0.2, 0.25) is 0 Å². The number of oxazole rings is 1. The molecule has 1 aromatic carbocycles. The summed E-state index contributed by atoms with van der Waals surface area (Å²) >= 11 is 0. The van der Waals surface area contributed by atoms with Crippen LogP contribution in [0.15, 0.2) is 40.9 Å². The van der Waals surface area contributed by atoms with Crippen molar-refractivity contribution in [2.75, 3.05) is 33.3 Å². The normalized spacial score (nSPS) is 18.5. The molecule has 0 spiro atoms. The number of carbonyl (C=O) groups excluding carboxylic acids is 1. The lowest BCUT2D eigenvalue weighted by Gasteiger charge is -2.30. The van der Waals surface area contributed by atoms with Gasteiger partial charge in [-0.05, 0) is 7.05 Å². The lowest BCUT2D eigenvalue weighted by molar-refractivity contribution is -0.122. The molecule has 6 heteroatoms. The Kier molecular flexibility index (Phi) is 5.61. The van der Waals surface area contributed by atoms with Crippen LogP contribution in [0.5, 0.6) is 0 Å². The molecular formula is C18H23N3O3. The van der Waals surface area contributed by atoms with Crippen LogP contribution >= 0.6 is 0 Å². The van der Waals surface area contributed by atoms with Crippen molar-refractivity contribution in [2.45, 2.75) is 18.9 Å². The summed E-state index contributed by atoms with van der Waals surface area (Å²) in [6, 6.07) is 9.81. The first-order valence-electron chi connectivity index (χ1n) is 8.27. The van der Waals surface area contributed by atoms with Crippen LogP contribution in [0.1, 0.15) is 12.3 Å². The molecule has 6 nitrogen and oxygen atoms in total. The maximum absolute atomic E-state index is 12.0. The molecular weight excluding hydrogens is 306 g/mol. The maximum atomic E-state index is 12.0. The minimum Gasteiger partial charge on any atom is -0.441 e. The van der Waals surface area contributed by atoms with Crippen LogP contribution in [-0.4, -0.2) is 55.2 Å². The Morgan fingerprint density at radius 1 is 1.38 bits per heavy atom. The Labute approximate surface area is 141 Å². The van der Waals surface area contributed by atoms with Gasteiger partial charge in [-0.1, -0.05) is 30.3 Å². The highest BCUT2D eigenvalue weighted by Crippen LogP contribution is 2.20. The van der Waals surface area contributed by atoms with Gasteiger partial charge < -0.3 is 19.4 Å². The summed E-state index contributed by atoms with van der Waals surface area (Å²) in [6.07, 6.45) is 2.62. The zero-order valence-electron chi connectivity index (χ0n) is 13.9. The van der Waals surface area contributed by atoms with E-state index in [2.05, 4.69) is 22.2 Å². The van der Waals surface area contributed by atoms with Crippen LogP contribution in [0.3, 0.4) is 0 Å². The van der Waals surface area contributed by atoms with Gasteiger partial charge in [-0.3, -0.25) is 4.79 Å². The summed E-state index contributed by atoms with van der Waals surface area (Å²) in [5.41, 5.74) is 0.985. The quantitative estimate of drug-likeness (QED) is 0.874. The number of aromatic nitrogens is 1. The fraction of sp³-hybridized carbons (Fsp3) is 0.444. The van der Waals surface area contributed by atoms with Crippen molar-refractivity contribution in [1.82, 2.24) is 15.2 Å². The topological polar surface area (TPSA) is 67.6 Å². The van der Waals surface area contributed by atoms with Crippen molar-refractivity contribution >= 4 is 5.91 Å². The monoisotopic (exact) mass is 329 g/mol. The number of carbonyl (C=O) groups is 1. The molecule has 2 heterocycles. The average Bonchev–Trinajstić information content (AvgIpc) is 3.08. The van der Waals surface area contributed by atoms with E-state index in [0.717, 1.165) is 31.0 Å². The van der Waals surface area contributed by atoms with Crippen molar-refractivity contribution in [3.63, 3.8) is 0 Å². The molecule has 1 aliphatic rings. The molecule has 0 radical (unpaired) electrons. The van der Waals surface area contributed by atoms with Crippen LogP contribution < -0.4 is 5.32 Å². The van der Waals surface area contributed by atoms with E-state index in [9.17, 15) is 4.79 Å². The highest BCUT2D eigenvalue weighted by Gasteiger charge is 2.18. The maximum Gasteiger partial charge on any atom is 0.220 e. The van der Waals surface area contributed by atoms with Gasteiger partial charge in [-0.15, -0.1) is 0 Å². The average molecular weight is 329 g/mol. The van der Waals surface area contributed by atoms with Gasteiger partial charge in [0, 0.05) is 38.0 Å². The lowest BCUT2D eigenvalue weighted by atomic mass is 10.2. The SMILES string of the molecule is CN1CCOC(CNC(=O)CCc2ncc(-c3ccccc3)o2)C1. The molecule has 1 atom stereocenters. The minimum absolute atomic E-state index is 0.00807. The van der Waals surface area contributed by atoms with Crippen LogP contribution in [0.4, 0.5) is 0 Å². The number of morpholine rings is 1. The first-order valence-corrected chi connectivity index (χ1v) is 8.27. The zero-order valence-corrected chi connectivity index (χ0v) is 13.9. The summed E-state index contributed by atoms with van der Waals surface area (Å²) in [5.74, 6) is 1.30. The number of ether oxygens (including phenoxy) is 1. The van der Waals surface area contributed by atoms with Gasteiger partial charge in [0.05, 0.1) is 18.9 Å². The van der Waals surface area contributed by atoms with E-state index < -0.39 is 0 Å². The third-order valence-corrected chi connectivity index (χ3v) is 4.05. The van der Waals surface area contributed by atoms with Crippen molar-refractivity contribution in [1.29, 1.82) is 0 Å². The Morgan fingerprint density at radius 2 is 2.21 bits per heavy atom. The molecule has 1 N–H and O–H groups in total. The van der Waals surface area contributed by atoms with E-state index in [1.165, 1.54) is 0 Å². The first kappa shape index (κ1) is 16.7. The molecule has 1 unspecified atom stereocenters. The summed E-state index contributed by atoms with van der Waals surface area (Å²) in [5, 5.41) is 2.92. The summed E-state index contributed by atoms with van der Waals surface area (Å²) in [7, 11) is 2.06. The predicted molar refractivity (Wildman–Crippen MR) is 90.5 cm³/mol. The Bertz CT molecular complexity index is 657. The number of amides is 1. The fourth-order valence-electron chi connectivity index (χ4n) is 2.69. The number of rotatable bonds is 6. The number of benzene rings is 1. The van der Waals surface area contributed by atoms with Gasteiger partial charge in [0.1, 0.15) is 0 Å². The molecule has 0 bridgehead atoms. The smallest absolute Gasteiger partial charge is 0.220 e. The number of nitrogens with one attached hydrogen (secondary N) is 1. The third-order valence-electron chi connectivity index (χ3n) is 4.05. The molecule has 1 fully saturated rings. The van der Waals surface area contributed by atoms with Crippen molar-refractivity contribution in [3.8, 4) is 11.3 Å². The molecule has 1 aromatic heterocycles. The largest absolute Gasteiger partial charge is 0.441 e. The molecule has 0 saturated carbocycles. The van der Waals surface area contributed by atoms with Crippen LogP contribution in [0.25, 0.3) is 11.3 Å². The van der Waals surface area contributed by atoms with Gasteiger partial charge in [0.15, 0.2) is 11.7 Å². The summed E-state index contributed by atoms with van der Waals surface area (Å²) < 4.78 is 11.3. The highest BCUT2D eigenvalue weighted by atomic mass is 16.5. The highest BCUT2D eigenvalue weighted by molar-refractivity contribution is 5.76. The van der Waals surface area contributed by atoms with Crippen LogP contribution in [0, 0.1) is 0 Å². The van der Waals surface area contributed by atoms with E-state index >= 15 is 0 Å². The summed E-state index contributed by atoms with van der Waals surface area (Å²) in [6.45, 7) is 3.05. The number of likely N-dealkylation sites (N-methyl/N-ethyl adjacent to an activating group) is 1. The number of nitrogens with zero attached hydrogens (tertiary/aromatic N) is 2. The summed E-state index contributed by atoms with van der Waals surface area (Å²) in [4.78, 5) is 18.4. The molecule has 2 aromatic rings. The van der Waals surface area contributed by atoms with E-state index in [1.807, 2.05) is 30.3 Å². The van der Waals surface area contributed by atoms with Gasteiger partial charge in [-0.25, -0.2) is 4.98 Å². The zero-order chi connectivity index (χ0) is 16.8. The Balaban J connectivity index is 1.42. The van der Waals surface area contributed by atoms with Gasteiger partial charge in [-0.2, -0.15) is 0 Å². The molecule has 0 aliphatic carbocycles. The minimum atomic E-state index is -0.00807. The van der Waals surface area contributed by atoms with E-state index in [0.29, 0.717) is 25.3 Å². The molecule has 24 heavy (non-hydrogen) atoms. The lowest BCUT2D eigenvalue weighted by Crippen LogP contribution is -2.45. The standard InChI is InChI=1S/C18H23N3O3/c1-21-9-10-23-15(13-21)11-19-17(22)7-8-18-20-12-16(24-18)14-5-3-2-4-6-14/h2-6,12,15H,7-11,13H2,1H3,(H,19,22). The van der Waals surface area contributed by atoms with Crippen molar-refractivity contribution in [3.05, 3.63) is 42.4 Å². The van der Waals surface area contributed by atoms with Gasteiger partial charge in [0.2, 0.25) is 5.91 Å². The van der Waals surface area contributed by atoms with E-state index in [4.69, 9.17) is 9.15 Å². The second-order valence-corrected chi connectivity index (χ2v) is 6.04. The Morgan fingerprint density at radius 3 is 3.00 bits per heavy atom. The van der Waals surface area contributed by atoms with Gasteiger partial charge >= 0.3 is 0 Å². The fourth-order valence-corrected chi connectivity index (χ4v) is 2.69. The van der Waals surface area contributed by atoms with Crippen molar-refractivity contribution in [2.24, 2.45) is 0 Å². The second-order valence-electron chi connectivity index (χ2n) is 6.04. The number of hydrogen-bond acceptors (Lipinski definition) is 5. The predicted octanol–water partition coefficient (Wildman–Crippen LogP) is 1.72. The molecule has 1 saturated heterocycles. The first-order chi connectivity index (χ1) is 11.7. The van der Waals surface area contributed by atoms with Crippen LogP contribution in [-0.2, 0) is 16.0 Å². The van der Waals surface area contributed by atoms with E-state index in [1.54, 1.807) is 6.20 Å². The molecule has 128 valence electrons. The second kappa shape index (κ2) is 8.08. The number of hydrogen-bond donors (Lipinski definition) is 1.